The van der Waals surface area contributed by atoms with Gasteiger partial charge in [-0.3, -0.25) is 9.59 Å². The standard InChI is InChI=1S/C20H19FN4O2/c1-13-5-4-12-22-18(13)23-19(27)20(2,3)25-17(26)11-10-16(24-25)14-6-8-15(21)9-7-14/h4-12H,1-3H3,(H,22,23,27). The van der Waals surface area contributed by atoms with Crippen LogP contribution >= 0.6 is 0 Å². The van der Waals surface area contributed by atoms with E-state index in [1.54, 1.807) is 44.3 Å². The number of halogens is 1. The summed E-state index contributed by atoms with van der Waals surface area (Å²) in [6.45, 7) is 5.03. The van der Waals surface area contributed by atoms with Crippen LogP contribution in [0.3, 0.4) is 0 Å². The van der Waals surface area contributed by atoms with E-state index in [1.807, 2.05) is 13.0 Å². The fourth-order valence-electron chi connectivity index (χ4n) is 2.56. The lowest BCUT2D eigenvalue weighted by Crippen LogP contribution is -2.47. The van der Waals surface area contributed by atoms with Crippen LogP contribution in [-0.4, -0.2) is 20.7 Å². The van der Waals surface area contributed by atoms with Crippen molar-refractivity contribution in [1.29, 1.82) is 0 Å². The maximum absolute atomic E-state index is 13.1. The third-order valence-corrected chi connectivity index (χ3v) is 4.27. The predicted octanol–water partition coefficient (Wildman–Crippen LogP) is 3.13. The molecule has 0 atom stereocenters. The molecule has 7 heteroatoms. The minimum atomic E-state index is -1.27. The van der Waals surface area contributed by atoms with Crippen LogP contribution < -0.4 is 10.9 Å². The van der Waals surface area contributed by atoms with Gasteiger partial charge in [-0.05, 0) is 62.7 Å². The topological polar surface area (TPSA) is 76.9 Å². The first-order chi connectivity index (χ1) is 12.8. The summed E-state index contributed by atoms with van der Waals surface area (Å²) in [5.41, 5.74) is 0.226. The van der Waals surface area contributed by atoms with Crippen molar-refractivity contribution < 1.29 is 9.18 Å². The fourth-order valence-corrected chi connectivity index (χ4v) is 2.56. The van der Waals surface area contributed by atoms with E-state index >= 15 is 0 Å². The van der Waals surface area contributed by atoms with Gasteiger partial charge in [0.25, 0.3) is 11.5 Å². The molecule has 0 saturated carbocycles. The molecular weight excluding hydrogens is 347 g/mol. The highest BCUT2D eigenvalue weighted by Crippen LogP contribution is 2.20. The molecule has 2 aromatic heterocycles. The zero-order valence-electron chi connectivity index (χ0n) is 15.2. The zero-order valence-corrected chi connectivity index (χ0v) is 15.2. The van der Waals surface area contributed by atoms with Gasteiger partial charge >= 0.3 is 0 Å². The number of anilines is 1. The predicted molar refractivity (Wildman–Crippen MR) is 101 cm³/mol. The minimum Gasteiger partial charge on any atom is -0.308 e. The molecule has 1 amide bonds. The van der Waals surface area contributed by atoms with E-state index in [2.05, 4.69) is 15.4 Å². The Bertz CT molecular complexity index is 1040. The maximum atomic E-state index is 13.1. The van der Waals surface area contributed by atoms with E-state index < -0.39 is 17.0 Å². The highest BCUT2D eigenvalue weighted by atomic mass is 19.1. The molecule has 0 aliphatic rings. The van der Waals surface area contributed by atoms with Crippen molar-refractivity contribution in [3.8, 4) is 11.3 Å². The van der Waals surface area contributed by atoms with Crippen LogP contribution in [0.25, 0.3) is 11.3 Å². The number of benzene rings is 1. The quantitative estimate of drug-likeness (QED) is 0.770. The first kappa shape index (κ1) is 18.4. The molecule has 0 saturated heterocycles. The second kappa shape index (κ2) is 7.11. The lowest BCUT2D eigenvalue weighted by Gasteiger charge is -2.25. The number of nitrogens with zero attached hydrogens (tertiary/aromatic N) is 3. The maximum Gasteiger partial charge on any atom is 0.267 e. The number of aromatic nitrogens is 3. The van der Waals surface area contributed by atoms with Crippen LogP contribution in [0.15, 0.2) is 59.5 Å². The fraction of sp³-hybridized carbons (Fsp3) is 0.200. The molecule has 0 radical (unpaired) electrons. The summed E-state index contributed by atoms with van der Waals surface area (Å²) in [6.07, 6.45) is 1.58. The summed E-state index contributed by atoms with van der Waals surface area (Å²) in [6, 6.07) is 12.2. The van der Waals surface area contributed by atoms with Gasteiger partial charge < -0.3 is 5.32 Å². The van der Waals surface area contributed by atoms with E-state index in [-0.39, 0.29) is 5.82 Å². The van der Waals surface area contributed by atoms with E-state index in [9.17, 15) is 14.0 Å². The molecule has 0 spiro atoms. The molecule has 0 aliphatic carbocycles. The van der Waals surface area contributed by atoms with Crippen molar-refractivity contribution in [2.75, 3.05) is 5.32 Å². The number of hydrogen-bond acceptors (Lipinski definition) is 4. The Morgan fingerprint density at radius 3 is 2.48 bits per heavy atom. The average molecular weight is 366 g/mol. The van der Waals surface area contributed by atoms with Gasteiger partial charge in [-0.25, -0.2) is 14.1 Å². The number of rotatable bonds is 4. The van der Waals surface area contributed by atoms with Gasteiger partial charge in [0, 0.05) is 17.8 Å². The van der Waals surface area contributed by atoms with E-state index in [4.69, 9.17) is 0 Å². The Morgan fingerprint density at radius 1 is 1.11 bits per heavy atom. The van der Waals surface area contributed by atoms with Crippen LogP contribution in [-0.2, 0) is 10.3 Å². The Hall–Kier alpha value is -3.35. The molecule has 1 aromatic carbocycles. The molecule has 0 aliphatic heterocycles. The molecule has 138 valence electrons. The number of hydrogen-bond donors (Lipinski definition) is 1. The number of pyridine rings is 1. The van der Waals surface area contributed by atoms with E-state index in [0.717, 1.165) is 10.2 Å². The molecule has 0 unspecified atom stereocenters. The van der Waals surface area contributed by atoms with Crippen molar-refractivity contribution in [2.45, 2.75) is 26.3 Å². The molecule has 0 fully saturated rings. The molecule has 0 bridgehead atoms. The molecule has 3 aromatic rings. The lowest BCUT2D eigenvalue weighted by molar-refractivity contribution is -0.123. The summed E-state index contributed by atoms with van der Waals surface area (Å²) in [7, 11) is 0. The smallest absolute Gasteiger partial charge is 0.267 e. The molecule has 27 heavy (non-hydrogen) atoms. The van der Waals surface area contributed by atoms with Crippen molar-refractivity contribution in [3.05, 3.63) is 76.5 Å². The highest BCUT2D eigenvalue weighted by molar-refractivity contribution is 5.95. The van der Waals surface area contributed by atoms with E-state index in [1.165, 1.54) is 18.2 Å². The van der Waals surface area contributed by atoms with Gasteiger partial charge in [-0.2, -0.15) is 5.10 Å². The van der Waals surface area contributed by atoms with Crippen molar-refractivity contribution >= 4 is 11.7 Å². The van der Waals surface area contributed by atoms with Gasteiger partial charge in [0.15, 0.2) is 0 Å². The Kier molecular flexibility index (Phi) is 4.85. The van der Waals surface area contributed by atoms with Crippen LogP contribution in [0, 0.1) is 12.7 Å². The van der Waals surface area contributed by atoms with Gasteiger partial charge in [0.05, 0.1) is 5.69 Å². The molecule has 3 rings (SSSR count). The first-order valence-electron chi connectivity index (χ1n) is 8.39. The Balaban J connectivity index is 1.97. The van der Waals surface area contributed by atoms with Crippen LogP contribution in [0.4, 0.5) is 10.2 Å². The molecular formula is C20H19FN4O2. The zero-order chi connectivity index (χ0) is 19.6. The minimum absolute atomic E-state index is 0.363. The summed E-state index contributed by atoms with van der Waals surface area (Å²) >= 11 is 0. The summed E-state index contributed by atoms with van der Waals surface area (Å²) in [5.74, 6) is -0.356. The van der Waals surface area contributed by atoms with E-state index in [0.29, 0.717) is 17.1 Å². The SMILES string of the molecule is Cc1cccnc1NC(=O)C(C)(C)n1nc(-c2ccc(F)cc2)ccc1=O. The third kappa shape index (κ3) is 3.76. The van der Waals surface area contributed by atoms with Gasteiger partial charge in [0.1, 0.15) is 17.2 Å². The van der Waals surface area contributed by atoms with Gasteiger partial charge in [0.2, 0.25) is 0 Å². The number of amides is 1. The van der Waals surface area contributed by atoms with Crippen LogP contribution in [0.5, 0.6) is 0 Å². The highest BCUT2D eigenvalue weighted by Gasteiger charge is 2.32. The Labute approximate surface area is 155 Å². The summed E-state index contributed by atoms with van der Waals surface area (Å²) < 4.78 is 14.3. The number of aryl methyl sites for hydroxylation is 1. The molecule has 6 nitrogen and oxygen atoms in total. The van der Waals surface area contributed by atoms with Crippen molar-refractivity contribution in [3.63, 3.8) is 0 Å². The van der Waals surface area contributed by atoms with Gasteiger partial charge in [-0.1, -0.05) is 6.07 Å². The normalized spacial score (nSPS) is 11.3. The average Bonchev–Trinajstić information content (AvgIpc) is 2.64. The van der Waals surface area contributed by atoms with Crippen molar-refractivity contribution in [2.24, 2.45) is 0 Å². The monoisotopic (exact) mass is 366 g/mol. The Morgan fingerprint density at radius 2 is 1.81 bits per heavy atom. The molecule has 1 N–H and O–H groups in total. The second-order valence-electron chi connectivity index (χ2n) is 6.66. The number of carbonyl (C=O) groups is 1. The number of carbonyl (C=O) groups excluding carboxylic acids is 1. The van der Waals surface area contributed by atoms with Crippen LogP contribution in [0.2, 0.25) is 0 Å². The molecule has 2 heterocycles. The third-order valence-electron chi connectivity index (χ3n) is 4.27. The summed E-state index contributed by atoms with van der Waals surface area (Å²) in [5, 5.41) is 7.07. The number of nitrogens with one attached hydrogen (secondary N) is 1. The largest absolute Gasteiger partial charge is 0.308 e. The van der Waals surface area contributed by atoms with Crippen molar-refractivity contribution in [1.82, 2.24) is 14.8 Å². The second-order valence-corrected chi connectivity index (χ2v) is 6.66. The lowest BCUT2D eigenvalue weighted by atomic mass is 10.0. The van der Waals surface area contributed by atoms with Gasteiger partial charge in [-0.15, -0.1) is 0 Å². The summed E-state index contributed by atoms with van der Waals surface area (Å²) in [4.78, 5) is 29.3. The van der Waals surface area contributed by atoms with Crippen LogP contribution in [0.1, 0.15) is 19.4 Å². The first-order valence-corrected chi connectivity index (χ1v) is 8.39.